The third-order valence-electron chi connectivity index (χ3n) is 4.33. The van der Waals surface area contributed by atoms with Gasteiger partial charge in [0.25, 0.3) is 5.91 Å². The average Bonchev–Trinajstić information content (AvgIpc) is 2.52. The van der Waals surface area contributed by atoms with Crippen LogP contribution >= 0.6 is 0 Å². The van der Waals surface area contributed by atoms with Crippen LogP contribution in [-0.4, -0.2) is 60.0 Å². The third-order valence-corrected chi connectivity index (χ3v) is 4.33. The molecule has 1 saturated heterocycles. The summed E-state index contributed by atoms with van der Waals surface area (Å²) in [5.74, 6) is -0.722. The van der Waals surface area contributed by atoms with Gasteiger partial charge in [-0.2, -0.15) is 0 Å². The summed E-state index contributed by atoms with van der Waals surface area (Å²) in [6.45, 7) is 5.30. The first-order valence-corrected chi connectivity index (χ1v) is 7.80. The predicted octanol–water partition coefficient (Wildman–Crippen LogP) is 2.04. The summed E-state index contributed by atoms with van der Waals surface area (Å²) in [6.07, 6.45) is 0.903. The fourth-order valence-corrected chi connectivity index (χ4v) is 2.80. The zero-order chi connectivity index (χ0) is 16.1. The van der Waals surface area contributed by atoms with Crippen LogP contribution in [0.4, 0.5) is 0 Å². The second-order valence-corrected chi connectivity index (χ2v) is 5.92. The highest BCUT2D eigenvalue weighted by molar-refractivity contribution is 5.94. The Morgan fingerprint density at radius 3 is 2.23 bits per heavy atom. The molecule has 0 radical (unpaired) electrons. The highest BCUT2D eigenvalue weighted by atomic mass is 16.4. The number of nitrogens with zero attached hydrogens (tertiary/aromatic N) is 2. The van der Waals surface area contributed by atoms with Crippen molar-refractivity contribution in [1.82, 2.24) is 9.80 Å². The molecule has 1 aliphatic heterocycles. The third kappa shape index (κ3) is 4.07. The SMILES string of the molecule is CCC(CC(=O)O)c1ccc(C(=O)N2CCN(C)CC2)cc1. The molecular weight excluding hydrogens is 280 g/mol. The van der Waals surface area contributed by atoms with E-state index < -0.39 is 5.97 Å². The first kappa shape index (κ1) is 16.5. The maximum Gasteiger partial charge on any atom is 0.303 e. The number of aliphatic carboxylic acids is 1. The van der Waals surface area contributed by atoms with Crippen molar-refractivity contribution in [3.63, 3.8) is 0 Å². The predicted molar refractivity (Wildman–Crippen MR) is 85.1 cm³/mol. The number of rotatable bonds is 5. The van der Waals surface area contributed by atoms with Crippen molar-refractivity contribution in [2.24, 2.45) is 0 Å². The minimum absolute atomic E-state index is 0.00490. The number of likely N-dealkylation sites (N-methyl/N-ethyl adjacent to an activating group) is 1. The lowest BCUT2D eigenvalue weighted by atomic mass is 9.92. The topological polar surface area (TPSA) is 60.9 Å². The fraction of sp³-hybridized carbons (Fsp3) is 0.529. The normalized spacial score (nSPS) is 17.3. The summed E-state index contributed by atoms with van der Waals surface area (Å²) in [4.78, 5) is 27.4. The van der Waals surface area contributed by atoms with Gasteiger partial charge in [0.2, 0.25) is 0 Å². The first-order valence-electron chi connectivity index (χ1n) is 7.80. The van der Waals surface area contributed by atoms with Gasteiger partial charge in [-0.25, -0.2) is 0 Å². The lowest BCUT2D eigenvalue weighted by Crippen LogP contribution is -2.47. The van der Waals surface area contributed by atoms with Crippen LogP contribution in [0.15, 0.2) is 24.3 Å². The van der Waals surface area contributed by atoms with E-state index in [9.17, 15) is 9.59 Å². The largest absolute Gasteiger partial charge is 0.481 e. The second-order valence-electron chi connectivity index (χ2n) is 5.92. The van der Waals surface area contributed by atoms with Crippen LogP contribution in [0.3, 0.4) is 0 Å². The molecule has 1 N–H and O–H groups in total. The molecule has 1 fully saturated rings. The Labute approximate surface area is 131 Å². The molecule has 0 aromatic heterocycles. The molecule has 2 rings (SSSR count). The van der Waals surface area contributed by atoms with Gasteiger partial charge in [-0.3, -0.25) is 9.59 Å². The number of benzene rings is 1. The number of hydrogen-bond donors (Lipinski definition) is 1. The van der Waals surface area contributed by atoms with E-state index >= 15 is 0 Å². The highest BCUT2D eigenvalue weighted by Crippen LogP contribution is 2.24. The number of carboxylic acid groups (broad SMARTS) is 1. The van der Waals surface area contributed by atoms with Crippen LogP contribution in [0.25, 0.3) is 0 Å². The van der Waals surface area contributed by atoms with Crippen LogP contribution in [0.2, 0.25) is 0 Å². The van der Waals surface area contributed by atoms with Gasteiger partial charge in [0, 0.05) is 31.7 Å². The van der Waals surface area contributed by atoms with E-state index in [1.807, 2.05) is 36.1 Å². The van der Waals surface area contributed by atoms with E-state index in [0.29, 0.717) is 5.56 Å². The number of carbonyl (C=O) groups is 2. The van der Waals surface area contributed by atoms with Gasteiger partial charge in [-0.1, -0.05) is 19.1 Å². The minimum Gasteiger partial charge on any atom is -0.481 e. The molecule has 5 nitrogen and oxygen atoms in total. The Bertz CT molecular complexity index is 519. The van der Waals surface area contributed by atoms with Crippen LogP contribution in [0, 0.1) is 0 Å². The summed E-state index contributed by atoms with van der Waals surface area (Å²) < 4.78 is 0. The van der Waals surface area contributed by atoms with Crippen molar-refractivity contribution >= 4 is 11.9 Å². The standard InChI is InChI=1S/C17H24N2O3/c1-3-13(12-16(20)21)14-4-6-15(7-5-14)17(22)19-10-8-18(2)9-11-19/h4-7,13H,3,8-12H2,1-2H3,(H,20,21). The lowest BCUT2D eigenvalue weighted by Gasteiger charge is -2.32. The van der Waals surface area contributed by atoms with Gasteiger partial charge in [0.15, 0.2) is 0 Å². The molecule has 1 atom stereocenters. The van der Waals surface area contributed by atoms with E-state index in [0.717, 1.165) is 38.2 Å². The molecule has 1 amide bonds. The molecule has 1 heterocycles. The number of piperazine rings is 1. The molecule has 22 heavy (non-hydrogen) atoms. The highest BCUT2D eigenvalue weighted by Gasteiger charge is 2.21. The van der Waals surface area contributed by atoms with Crippen molar-refractivity contribution in [3.8, 4) is 0 Å². The van der Waals surface area contributed by atoms with E-state index in [1.54, 1.807) is 0 Å². The molecule has 1 aromatic carbocycles. The molecule has 1 unspecified atom stereocenters. The summed E-state index contributed by atoms with van der Waals surface area (Å²) in [6, 6.07) is 7.42. The van der Waals surface area contributed by atoms with Gasteiger partial charge >= 0.3 is 5.97 Å². The lowest BCUT2D eigenvalue weighted by molar-refractivity contribution is -0.137. The minimum atomic E-state index is -0.788. The molecule has 1 aromatic rings. The Morgan fingerprint density at radius 1 is 1.14 bits per heavy atom. The van der Waals surface area contributed by atoms with Gasteiger partial charge in [0.05, 0.1) is 6.42 Å². The summed E-state index contributed by atoms with van der Waals surface area (Å²) in [7, 11) is 2.06. The van der Waals surface area contributed by atoms with Crippen molar-refractivity contribution in [3.05, 3.63) is 35.4 Å². The quantitative estimate of drug-likeness (QED) is 0.904. The average molecular weight is 304 g/mol. The molecule has 0 aliphatic carbocycles. The molecule has 0 saturated carbocycles. The van der Waals surface area contributed by atoms with E-state index in [1.165, 1.54) is 0 Å². The first-order chi connectivity index (χ1) is 10.5. The zero-order valence-corrected chi connectivity index (χ0v) is 13.3. The van der Waals surface area contributed by atoms with E-state index in [4.69, 9.17) is 5.11 Å². The van der Waals surface area contributed by atoms with Crippen LogP contribution in [-0.2, 0) is 4.79 Å². The van der Waals surface area contributed by atoms with Gasteiger partial charge in [0.1, 0.15) is 0 Å². The molecule has 0 bridgehead atoms. The number of hydrogen-bond acceptors (Lipinski definition) is 3. The van der Waals surface area contributed by atoms with Gasteiger partial charge in [-0.05, 0) is 37.1 Å². The Morgan fingerprint density at radius 2 is 1.73 bits per heavy atom. The Balaban J connectivity index is 2.04. The Kier molecular flexibility index (Phi) is 5.55. The fourth-order valence-electron chi connectivity index (χ4n) is 2.80. The van der Waals surface area contributed by atoms with Crippen molar-refractivity contribution in [2.45, 2.75) is 25.7 Å². The second kappa shape index (κ2) is 7.40. The molecule has 0 spiro atoms. The maximum atomic E-state index is 12.4. The summed E-state index contributed by atoms with van der Waals surface area (Å²) >= 11 is 0. The summed E-state index contributed by atoms with van der Waals surface area (Å²) in [5, 5.41) is 8.95. The Hall–Kier alpha value is -1.88. The molecule has 120 valence electrons. The zero-order valence-electron chi connectivity index (χ0n) is 13.3. The summed E-state index contributed by atoms with van der Waals surface area (Å²) in [5.41, 5.74) is 1.67. The number of carbonyl (C=O) groups excluding carboxylic acids is 1. The smallest absolute Gasteiger partial charge is 0.303 e. The van der Waals surface area contributed by atoms with Crippen molar-refractivity contribution in [2.75, 3.05) is 33.2 Å². The molecule has 5 heteroatoms. The van der Waals surface area contributed by atoms with Crippen LogP contribution in [0.5, 0.6) is 0 Å². The molecule has 1 aliphatic rings. The van der Waals surface area contributed by atoms with E-state index in [-0.39, 0.29) is 18.2 Å². The monoisotopic (exact) mass is 304 g/mol. The number of amides is 1. The van der Waals surface area contributed by atoms with Crippen LogP contribution in [0.1, 0.15) is 41.6 Å². The van der Waals surface area contributed by atoms with Gasteiger partial charge in [-0.15, -0.1) is 0 Å². The van der Waals surface area contributed by atoms with Crippen molar-refractivity contribution in [1.29, 1.82) is 0 Å². The van der Waals surface area contributed by atoms with Crippen molar-refractivity contribution < 1.29 is 14.7 Å². The number of carboxylic acids is 1. The van der Waals surface area contributed by atoms with Gasteiger partial charge < -0.3 is 14.9 Å². The van der Waals surface area contributed by atoms with Crippen LogP contribution < -0.4 is 0 Å². The maximum absolute atomic E-state index is 12.4. The molecular formula is C17H24N2O3. The van der Waals surface area contributed by atoms with E-state index in [2.05, 4.69) is 11.9 Å².